The van der Waals surface area contributed by atoms with E-state index in [2.05, 4.69) is 12.4 Å². The number of hydrogen-bond donors (Lipinski definition) is 1. The van der Waals surface area contributed by atoms with Crippen molar-refractivity contribution in [2.45, 2.75) is 56.6 Å². The van der Waals surface area contributed by atoms with Crippen LogP contribution in [0.25, 0.3) is 0 Å². The van der Waals surface area contributed by atoms with E-state index in [1.165, 1.54) is 19.3 Å². The normalized spacial score (nSPS) is 49.4. The van der Waals surface area contributed by atoms with Gasteiger partial charge in [0.1, 0.15) is 5.60 Å². The quantitative estimate of drug-likeness (QED) is 0.726. The first-order chi connectivity index (χ1) is 7.55. The lowest BCUT2D eigenvalue weighted by atomic mass is 9.51. The monoisotopic (exact) mass is 223 g/mol. The zero-order valence-corrected chi connectivity index (χ0v) is 10.2. The molecule has 0 spiro atoms. The van der Waals surface area contributed by atoms with Crippen molar-refractivity contribution >= 4 is 5.97 Å². The topological polar surface area (TPSA) is 38.3 Å². The van der Waals surface area contributed by atoms with Gasteiger partial charge < -0.3 is 10.1 Å². The summed E-state index contributed by atoms with van der Waals surface area (Å²) in [7, 11) is 2.06. The third-order valence-corrected chi connectivity index (χ3v) is 4.90. The zero-order chi connectivity index (χ0) is 11.4. The first-order valence-corrected chi connectivity index (χ1v) is 6.43. The minimum Gasteiger partial charge on any atom is -0.459 e. The Morgan fingerprint density at radius 2 is 1.88 bits per heavy atom. The van der Waals surface area contributed by atoms with Crippen molar-refractivity contribution in [1.82, 2.24) is 5.32 Å². The van der Waals surface area contributed by atoms with Gasteiger partial charge in [-0.2, -0.15) is 0 Å². The third kappa shape index (κ3) is 1.48. The highest BCUT2D eigenvalue weighted by Crippen LogP contribution is 2.58. The number of nitrogens with one attached hydrogen (secondary N) is 1. The highest BCUT2D eigenvalue weighted by molar-refractivity contribution is 5.66. The van der Waals surface area contributed by atoms with E-state index in [1.807, 2.05) is 0 Å². The Balaban J connectivity index is 1.89. The number of carbonyl (C=O) groups excluding carboxylic acids is 1. The maximum atomic E-state index is 11.3. The molecule has 90 valence electrons. The van der Waals surface area contributed by atoms with Crippen LogP contribution in [0, 0.1) is 11.8 Å². The molecule has 3 nitrogen and oxygen atoms in total. The van der Waals surface area contributed by atoms with Gasteiger partial charge in [-0.3, -0.25) is 4.79 Å². The van der Waals surface area contributed by atoms with Crippen LogP contribution in [-0.4, -0.2) is 24.2 Å². The standard InChI is InChI=1S/C13H21NO2/c1-9(15)16-13-6-10-3-11(7-13)5-12(4-10,8-13)14-2/h10-11,14H,3-8H2,1-2H3. The van der Waals surface area contributed by atoms with Crippen molar-refractivity contribution in [1.29, 1.82) is 0 Å². The van der Waals surface area contributed by atoms with Crippen LogP contribution < -0.4 is 5.32 Å². The van der Waals surface area contributed by atoms with Crippen molar-refractivity contribution < 1.29 is 9.53 Å². The van der Waals surface area contributed by atoms with Gasteiger partial charge in [-0.05, 0) is 51.0 Å². The Morgan fingerprint density at radius 1 is 1.25 bits per heavy atom. The summed E-state index contributed by atoms with van der Waals surface area (Å²) in [6.07, 6.45) is 7.15. The van der Waals surface area contributed by atoms with Crippen LogP contribution in [0.1, 0.15) is 45.4 Å². The number of ether oxygens (including phenoxy) is 1. The first-order valence-electron chi connectivity index (χ1n) is 6.43. The van der Waals surface area contributed by atoms with E-state index in [0.717, 1.165) is 31.1 Å². The molecule has 4 rings (SSSR count). The molecule has 0 aromatic carbocycles. The summed E-state index contributed by atoms with van der Waals surface area (Å²) < 4.78 is 5.70. The second-order valence-corrected chi connectivity index (χ2v) is 6.27. The van der Waals surface area contributed by atoms with Gasteiger partial charge in [0.05, 0.1) is 0 Å². The Hall–Kier alpha value is -0.570. The average Bonchev–Trinajstić information content (AvgIpc) is 2.13. The predicted octanol–water partition coefficient (Wildman–Crippen LogP) is 1.86. The molecule has 0 aromatic heterocycles. The molecular formula is C13H21NO2. The summed E-state index contributed by atoms with van der Waals surface area (Å²) >= 11 is 0. The molecule has 0 aliphatic heterocycles. The summed E-state index contributed by atoms with van der Waals surface area (Å²) in [4.78, 5) is 11.3. The maximum absolute atomic E-state index is 11.3. The number of rotatable bonds is 2. The second-order valence-electron chi connectivity index (χ2n) is 6.27. The van der Waals surface area contributed by atoms with Gasteiger partial charge in [0.15, 0.2) is 0 Å². The second kappa shape index (κ2) is 3.22. The molecule has 0 aromatic rings. The minimum atomic E-state index is -0.126. The fourth-order valence-electron chi connectivity index (χ4n) is 4.90. The minimum absolute atomic E-state index is 0.104. The highest BCUT2D eigenvalue weighted by Gasteiger charge is 2.58. The fourth-order valence-corrected chi connectivity index (χ4v) is 4.90. The van der Waals surface area contributed by atoms with Crippen molar-refractivity contribution in [3.05, 3.63) is 0 Å². The summed E-state index contributed by atoms with van der Waals surface area (Å²) in [5.74, 6) is 1.44. The first kappa shape index (κ1) is 10.6. The molecule has 0 amide bonds. The molecular weight excluding hydrogens is 202 g/mol. The maximum Gasteiger partial charge on any atom is 0.303 e. The van der Waals surface area contributed by atoms with Crippen LogP contribution in [0.15, 0.2) is 0 Å². The highest BCUT2D eigenvalue weighted by atomic mass is 16.6. The van der Waals surface area contributed by atoms with E-state index < -0.39 is 0 Å². The van der Waals surface area contributed by atoms with Gasteiger partial charge in [-0.1, -0.05) is 0 Å². The van der Waals surface area contributed by atoms with Crippen molar-refractivity contribution in [3.63, 3.8) is 0 Å². The number of hydrogen-bond acceptors (Lipinski definition) is 3. The summed E-state index contributed by atoms with van der Waals surface area (Å²) in [6.45, 7) is 1.55. The van der Waals surface area contributed by atoms with Crippen LogP contribution in [-0.2, 0) is 9.53 Å². The van der Waals surface area contributed by atoms with Gasteiger partial charge >= 0.3 is 5.97 Å². The molecule has 3 heteroatoms. The van der Waals surface area contributed by atoms with Gasteiger partial charge in [-0.15, -0.1) is 0 Å². The van der Waals surface area contributed by atoms with Gasteiger partial charge in [-0.25, -0.2) is 0 Å². The Labute approximate surface area is 96.9 Å². The van der Waals surface area contributed by atoms with Crippen LogP contribution >= 0.6 is 0 Å². The zero-order valence-electron chi connectivity index (χ0n) is 10.2. The molecule has 4 bridgehead atoms. The Bertz CT molecular complexity index is 312. The Morgan fingerprint density at radius 3 is 2.38 bits per heavy atom. The molecule has 2 unspecified atom stereocenters. The molecule has 1 N–H and O–H groups in total. The molecule has 4 fully saturated rings. The number of carbonyl (C=O) groups is 1. The molecule has 2 atom stereocenters. The summed E-state index contributed by atoms with van der Waals surface area (Å²) in [5.41, 5.74) is 0.137. The van der Waals surface area contributed by atoms with Crippen LogP contribution in [0.3, 0.4) is 0 Å². The van der Waals surface area contributed by atoms with E-state index in [4.69, 9.17) is 4.74 Å². The largest absolute Gasteiger partial charge is 0.459 e. The van der Waals surface area contributed by atoms with Crippen LogP contribution in [0.5, 0.6) is 0 Å². The molecule has 16 heavy (non-hydrogen) atoms. The fraction of sp³-hybridized carbons (Fsp3) is 0.923. The SMILES string of the molecule is CNC12CC3CC(C1)CC(OC(C)=O)(C3)C2. The van der Waals surface area contributed by atoms with Gasteiger partial charge in [0.2, 0.25) is 0 Å². The lowest BCUT2D eigenvalue weighted by molar-refractivity contribution is -0.189. The van der Waals surface area contributed by atoms with E-state index in [1.54, 1.807) is 6.92 Å². The Kier molecular flexibility index (Phi) is 2.13. The van der Waals surface area contributed by atoms with E-state index in [0.29, 0.717) is 0 Å². The van der Waals surface area contributed by atoms with E-state index in [9.17, 15) is 4.79 Å². The van der Waals surface area contributed by atoms with Gasteiger partial charge in [0, 0.05) is 18.9 Å². The van der Waals surface area contributed by atoms with Crippen molar-refractivity contribution in [2.75, 3.05) is 7.05 Å². The van der Waals surface area contributed by atoms with E-state index >= 15 is 0 Å². The number of esters is 1. The van der Waals surface area contributed by atoms with Gasteiger partial charge in [0.25, 0.3) is 0 Å². The lowest BCUT2D eigenvalue weighted by Crippen LogP contribution is -2.64. The molecule has 4 aliphatic carbocycles. The average molecular weight is 223 g/mol. The lowest BCUT2D eigenvalue weighted by Gasteiger charge is -2.61. The van der Waals surface area contributed by atoms with Crippen molar-refractivity contribution in [3.8, 4) is 0 Å². The molecule has 0 radical (unpaired) electrons. The molecule has 0 saturated heterocycles. The summed E-state index contributed by atoms with van der Waals surface area (Å²) in [6, 6.07) is 0. The molecule has 0 heterocycles. The van der Waals surface area contributed by atoms with Crippen molar-refractivity contribution in [2.24, 2.45) is 11.8 Å². The molecule has 4 aliphatic rings. The van der Waals surface area contributed by atoms with E-state index in [-0.39, 0.29) is 17.1 Å². The van der Waals surface area contributed by atoms with Crippen LogP contribution in [0.2, 0.25) is 0 Å². The smallest absolute Gasteiger partial charge is 0.303 e. The summed E-state index contributed by atoms with van der Waals surface area (Å²) in [5, 5.41) is 3.52. The predicted molar refractivity (Wildman–Crippen MR) is 61.0 cm³/mol. The van der Waals surface area contributed by atoms with Crippen LogP contribution in [0.4, 0.5) is 0 Å². The third-order valence-electron chi connectivity index (χ3n) is 4.90. The molecule has 4 saturated carbocycles.